The van der Waals surface area contributed by atoms with Crippen molar-refractivity contribution in [2.45, 2.75) is 145 Å². The first-order valence-electron chi connectivity index (χ1n) is 20.5. The number of nitrogens with zero attached hydrogens (tertiary/aromatic N) is 2. The summed E-state index contributed by atoms with van der Waals surface area (Å²) in [7, 11) is 0. The minimum Gasteiger partial charge on any atom is -0.481 e. The molecule has 5 aliphatic carbocycles. The lowest BCUT2D eigenvalue weighted by molar-refractivity contribution is -0.250. The minimum atomic E-state index is -0.891. The molecule has 0 aromatic heterocycles. The van der Waals surface area contributed by atoms with Crippen LogP contribution in [0.2, 0.25) is 0 Å². The standard InChI is InChI=1S/C43H69N3O6/c1-27(2)28-12-17-43(24-33(47)45-20-22-46(23-21-45)37(44)51)19-18-41(8)29(36(28)43)10-11-31-40(7)15-14-32(39(5,6)30(40)13-16-42(31,41)9)52-35(50)26-38(3,4)25-34(48)49/h28-32,36H,1,10-26H2,2-9H3,(H2,44,51)(H,48,49)/t28-,29+,30-,31+,32-,36+,40-,41+,42+,43+/m0/s1. The number of urea groups is 1. The van der Waals surface area contributed by atoms with Crippen LogP contribution in [0.25, 0.3) is 0 Å². The summed E-state index contributed by atoms with van der Waals surface area (Å²) in [5, 5.41) is 9.35. The molecule has 0 aromatic carbocycles. The van der Waals surface area contributed by atoms with E-state index in [0.29, 0.717) is 62.2 Å². The molecule has 0 aromatic rings. The average molecular weight is 724 g/mol. The van der Waals surface area contributed by atoms with Gasteiger partial charge in [-0.3, -0.25) is 14.4 Å². The number of fused-ring (bicyclic) bond motifs is 7. The number of aliphatic carboxylic acids is 1. The lowest BCUT2D eigenvalue weighted by Gasteiger charge is -2.73. The van der Waals surface area contributed by atoms with Gasteiger partial charge in [-0.1, -0.05) is 60.6 Å². The van der Waals surface area contributed by atoms with Gasteiger partial charge in [0.25, 0.3) is 0 Å². The number of piperazine rings is 1. The van der Waals surface area contributed by atoms with Crippen LogP contribution in [-0.4, -0.2) is 71.1 Å². The van der Waals surface area contributed by atoms with Crippen LogP contribution in [0, 0.1) is 62.1 Å². The smallest absolute Gasteiger partial charge is 0.314 e. The Morgan fingerprint density at radius 2 is 1.46 bits per heavy atom. The van der Waals surface area contributed by atoms with Gasteiger partial charge in [0, 0.05) is 38.0 Å². The summed E-state index contributed by atoms with van der Waals surface area (Å²) in [5.74, 6) is 1.54. The normalized spacial score (nSPS) is 41.2. The van der Waals surface area contributed by atoms with Crippen LogP contribution >= 0.6 is 0 Å². The van der Waals surface area contributed by atoms with E-state index in [1.807, 2.05) is 18.7 Å². The molecule has 1 heterocycles. The van der Waals surface area contributed by atoms with Crippen LogP contribution in [0.3, 0.4) is 0 Å². The molecule has 0 unspecified atom stereocenters. The minimum absolute atomic E-state index is 0.00103. The number of carboxylic acid groups (broad SMARTS) is 1. The first-order chi connectivity index (χ1) is 24.1. The maximum absolute atomic E-state index is 14.1. The van der Waals surface area contributed by atoms with Crippen LogP contribution in [0.1, 0.15) is 139 Å². The molecule has 0 radical (unpaired) electrons. The van der Waals surface area contributed by atoms with Gasteiger partial charge in [0.1, 0.15) is 6.10 Å². The van der Waals surface area contributed by atoms with E-state index >= 15 is 0 Å². The molecule has 6 rings (SSSR count). The highest BCUT2D eigenvalue weighted by atomic mass is 16.5. The van der Waals surface area contributed by atoms with E-state index < -0.39 is 17.4 Å². The number of carboxylic acids is 1. The number of amides is 3. The molecule has 1 aliphatic heterocycles. The van der Waals surface area contributed by atoms with Gasteiger partial charge in [-0.25, -0.2) is 4.79 Å². The summed E-state index contributed by atoms with van der Waals surface area (Å²) in [5.41, 5.74) is 6.46. The van der Waals surface area contributed by atoms with Crippen molar-refractivity contribution in [1.29, 1.82) is 0 Å². The zero-order chi connectivity index (χ0) is 38.2. The Morgan fingerprint density at radius 1 is 0.808 bits per heavy atom. The van der Waals surface area contributed by atoms with E-state index in [1.165, 1.54) is 24.8 Å². The Labute approximate surface area is 313 Å². The van der Waals surface area contributed by atoms with Gasteiger partial charge in [0.15, 0.2) is 0 Å². The van der Waals surface area contributed by atoms with E-state index in [9.17, 15) is 24.3 Å². The number of allylic oxidation sites excluding steroid dienone is 1. The SMILES string of the molecule is C=C(C)[C@@H]1CC[C@]2(CC(=O)N3CCN(C(N)=O)CC3)CC[C@]3(C)[C@H](CC[C@@H]4[C@@]5(C)CC[C@H](OC(=O)CC(C)(C)CC(=O)O)C(C)(C)[C@@H]5CC[C@]43C)[C@@H]12. The number of esters is 1. The van der Waals surface area contributed by atoms with Crippen LogP contribution in [0.5, 0.6) is 0 Å². The molecule has 1 saturated heterocycles. The van der Waals surface area contributed by atoms with Crippen molar-refractivity contribution in [2.75, 3.05) is 26.2 Å². The monoisotopic (exact) mass is 724 g/mol. The number of ether oxygens (including phenoxy) is 1. The average Bonchev–Trinajstić information content (AvgIpc) is 3.41. The molecule has 10 atom stereocenters. The third-order valence-corrected chi connectivity index (χ3v) is 17.2. The third-order valence-electron chi connectivity index (χ3n) is 17.2. The number of hydrogen-bond donors (Lipinski definition) is 2. The zero-order valence-electron chi connectivity index (χ0n) is 33.7. The van der Waals surface area contributed by atoms with E-state index in [2.05, 4.69) is 48.1 Å². The van der Waals surface area contributed by atoms with Crippen LogP contribution < -0.4 is 5.73 Å². The number of rotatable bonds is 8. The van der Waals surface area contributed by atoms with Gasteiger partial charge in [-0.05, 0) is 128 Å². The topological polar surface area (TPSA) is 130 Å². The Balaban J connectivity index is 1.22. The summed E-state index contributed by atoms with van der Waals surface area (Å²) in [6.07, 6.45) is 11.5. The summed E-state index contributed by atoms with van der Waals surface area (Å²) < 4.78 is 6.27. The number of nitrogens with two attached hydrogens (primary N) is 1. The lowest BCUT2D eigenvalue weighted by Crippen LogP contribution is -2.67. The molecule has 6 aliphatic rings. The Kier molecular flexibility index (Phi) is 10.0. The van der Waals surface area contributed by atoms with Crippen LogP contribution in [0.4, 0.5) is 4.79 Å². The zero-order valence-corrected chi connectivity index (χ0v) is 33.7. The molecule has 0 spiro atoms. The maximum atomic E-state index is 14.1. The molecule has 5 saturated carbocycles. The van der Waals surface area contributed by atoms with Gasteiger partial charge in [0.05, 0.1) is 12.8 Å². The molecular weight excluding hydrogens is 654 g/mol. The van der Waals surface area contributed by atoms with Gasteiger partial charge >= 0.3 is 18.0 Å². The Morgan fingerprint density at radius 3 is 2.08 bits per heavy atom. The molecule has 3 N–H and O–H groups in total. The van der Waals surface area contributed by atoms with Crippen molar-refractivity contribution in [2.24, 2.45) is 67.8 Å². The molecule has 6 fully saturated rings. The van der Waals surface area contributed by atoms with Crippen molar-refractivity contribution in [3.8, 4) is 0 Å². The molecule has 52 heavy (non-hydrogen) atoms. The number of primary amides is 1. The summed E-state index contributed by atoms with van der Waals surface area (Å²) in [6, 6.07) is -0.404. The number of carbonyl (C=O) groups excluding carboxylic acids is 3. The highest BCUT2D eigenvalue weighted by molar-refractivity contribution is 5.78. The van der Waals surface area contributed by atoms with Crippen LogP contribution in [0.15, 0.2) is 12.2 Å². The van der Waals surface area contributed by atoms with E-state index in [-0.39, 0.29) is 57.9 Å². The lowest BCUT2D eigenvalue weighted by atomic mass is 9.32. The van der Waals surface area contributed by atoms with E-state index in [0.717, 1.165) is 44.9 Å². The molecule has 9 nitrogen and oxygen atoms in total. The van der Waals surface area contributed by atoms with E-state index in [4.69, 9.17) is 10.5 Å². The maximum Gasteiger partial charge on any atom is 0.314 e. The first kappa shape index (κ1) is 39.1. The van der Waals surface area contributed by atoms with Crippen molar-refractivity contribution >= 4 is 23.9 Å². The highest BCUT2D eigenvalue weighted by Crippen LogP contribution is 2.78. The fraction of sp³-hybridized carbons (Fsp3) is 0.860. The van der Waals surface area contributed by atoms with Crippen LogP contribution in [-0.2, 0) is 19.1 Å². The number of carbonyl (C=O) groups is 4. The summed E-state index contributed by atoms with van der Waals surface area (Å²) >= 11 is 0. The van der Waals surface area contributed by atoms with Gasteiger partial charge in [-0.15, -0.1) is 0 Å². The second-order valence-electron chi connectivity index (χ2n) is 20.7. The van der Waals surface area contributed by atoms with Gasteiger partial charge in [-0.2, -0.15) is 0 Å². The first-order valence-corrected chi connectivity index (χ1v) is 20.5. The fourth-order valence-corrected chi connectivity index (χ4v) is 14.4. The fourth-order valence-electron chi connectivity index (χ4n) is 14.4. The van der Waals surface area contributed by atoms with E-state index in [1.54, 1.807) is 4.90 Å². The Hall–Kier alpha value is -2.58. The van der Waals surface area contributed by atoms with Crippen molar-refractivity contribution in [3.05, 3.63) is 12.2 Å². The van der Waals surface area contributed by atoms with Crippen molar-refractivity contribution in [1.82, 2.24) is 9.80 Å². The molecular formula is C43H69N3O6. The molecule has 3 amide bonds. The highest BCUT2D eigenvalue weighted by Gasteiger charge is 2.71. The van der Waals surface area contributed by atoms with Crippen molar-refractivity contribution < 1.29 is 29.0 Å². The second kappa shape index (κ2) is 13.3. The predicted molar refractivity (Wildman–Crippen MR) is 202 cm³/mol. The Bertz CT molecular complexity index is 1470. The second-order valence-corrected chi connectivity index (χ2v) is 20.7. The number of hydrogen-bond acceptors (Lipinski definition) is 5. The predicted octanol–water partition coefficient (Wildman–Crippen LogP) is 8.06. The van der Waals surface area contributed by atoms with Gasteiger partial charge in [0.2, 0.25) is 5.91 Å². The molecule has 9 heteroatoms. The largest absolute Gasteiger partial charge is 0.481 e. The summed E-state index contributed by atoms with van der Waals surface area (Å²) in [6.45, 7) is 25.0. The third kappa shape index (κ3) is 6.29. The quantitative estimate of drug-likeness (QED) is 0.193. The van der Waals surface area contributed by atoms with Gasteiger partial charge < -0.3 is 25.4 Å². The van der Waals surface area contributed by atoms with Crippen molar-refractivity contribution in [3.63, 3.8) is 0 Å². The molecule has 292 valence electrons. The summed E-state index contributed by atoms with van der Waals surface area (Å²) in [4.78, 5) is 54.1. The molecule has 0 bridgehead atoms.